The van der Waals surface area contributed by atoms with Crippen LogP contribution in [0.15, 0.2) is 60.9 Å². The minimum Gasteiger partial charge on any atom is -0.465 e. The van der Waals surface area contributed by atoms with Crippen molar-refractivity contribution in [2.24, 2.45) is 0 Å². The number of aromatic nitrogens is 3. The Bertz CT molecular complexity index is 1270. The van der Waals surface area contributed by atoms with Gasteiger partial charge < -0.3 is 25.5 Å². The van der Waals surface area contributed by atoms with Gasteiger partial charge >= 0.3 is 6.09 Å². The highest BCUT2D eigenvalue weighted by Crippen LogP contribution is 2.44. The second-order valence-corrected chi connectivity index (χ2v) is 7.61. The predicted octanol–water partition coefficient (Wildman–Crippen LogP) is 4.23. The van der Waals surface area contributed by atoms with Crippen LogP contribution in [0.4, 0.5) is 10.6 Å². The topological polar surface area (TPSA) is 115 Å². The number of benzene rings is 2. The number of hydrogen-bond acceptors (Lipinski definition) is 5. The molecule has 1 amide bonds. The van der Waals surface area contributed by atoms with Crippen molar-refractivity contribution in [2.75, 3.05) is 5.73 Å². The van der Waals surface area contributed by atoms with Gasteiger partial charge in [0, 0.05) is 23.7 Å². The number of carboxylic acid groups (broad SMARTS) is 1. The maximum Gasteiger partial charge on any atom is 0.404 e. The van der Waals surface area contributed by atoms with Gasteiger partial charge in [-0.1, -0.05) is 37.3 Å². The molecule has 0 saturated carbocycles. The summed E-state index contributed by atoms with van der Waals surface area (Å²) in [5.41, 5.74) is 9.84. The fourth-order valence-electron chi connectivity index (χ4n) is 4.35. The number of amides is 1. The van der Waals surface area contributed by atoms with Crippen molar-refractivity contribution in [3.8, 4) is 22.6 Å². The van der Waals surface area contributed by atoms with Gasteiger partial charge in [-0.3, -0.25) is 0 Å². The highest BCUT2D eigenvalue weighted by Gasteiger charge is 2.36. The first-order valence-corrected chi connectivity index (χ1v) is 9.98. The molecular weight excluding hydrogens is 394 g/mol. The number of carbonyl (C=O) groups is 1. The van der Waals surface area contributed by atoms with Crippen LogP contribution in [0.1, 0.15) is 18.5 Å². The summed E-state index contributed by atoms with van der Waals surface area (Å²) in [6, 6.07) is 17.1. The molecule has 0 aliphatic carbocycles. The van der Waals surface area contributed by atoms with Gasteiger partial charge in [-0.05, 0) is 29.8 Å². The zero-order chi connectivity index (χ0) is 21.5. The number of anilines is 1. The maximum atomic E-state index is 11.3. The van der Waals surface area contributed by atoms with Crippen LogP contribution in [0.3, 0.4) is 0 Å². The Morgan fingerprint density at radius 3 is 2.55 bits per heavy atom. The van der Waals surface area contributed by atoms with Crippen LogP contribution in [-0.2, 0) is 6.54 Å². The zero-order valence-corrected chi connectivity index (χ0v) is 16.8. The predicted molar refractivity (Wildman–Crippen MR) is 117 cm³/mol. The minimum absolute atomic E-state index is 0.0556. The van der Waals surface area contributed by atoms with E-state index >= 15 is 0 Å². The highest BCUT2D eigenvalue weighted by atomic mass is 16.5. The third-order valence-corrected chi connectivity index (χ3v) is 5.75. The van der Waals surface area contributed by atoms with E-state index in [0.29, 0.717) is 18.0 Å². The van der Waals surface area contributed by atoms with Crippen LogP contribution in [-0.4, -0.2) is 31.8 Å². The number of hydrogen-bond donors (Lipinski definition) is 3. The number of fused-ring (bicyclic) bond motifs is 3. The van der Waals surface area contributed by atoms with Crippen LogP contribution in [0.2, 0.25) is 0 Å². The van der Waals surface area contributed by atoms with Gasteiger partial charge in [0.05, 0.1) is 11.4 Å². The lowest BCUT2D eigenvalue weighted by Gasteiger charge is -2.16. The van der Waals surface area contributed by atoms with Crippen molar-refractivity contribution in [3.63, 3.8) is 0 Å². The Hall–Kier alpha value is -4.07. The lowest BCUT2D eigenvalue weighted by Crippen LogP contribution is -2.36. The molecule has 156 valence electrons. The second kappa shape index (κ2) is 7.32. The molecule has 1 aliphatic rings. The molecule has 1 aliphatic heterocycles. The Kier molecular flexibility index (Phi) is 4.47. The molecule has 2 aromatic carbocycles. The zero-order valence-electron chi connectivity index (χ0n) is 16.8. The molecule has 0 bridgehead atoms. The number of nitrogens with one attached hydrogen (secondary N) is 1. The van der Waals surface area contributed by atoms with Gasteiger partial charge in [0.25, 0.3) is 0 Å². The maximum absolute atomic E-state index is 11.3. The molecule has 8 nitrogen and oxygen atoms in total. The van der Waals surface area contributed by atoms with Crippen molar-refractivity contribution < 1.29 is 14.6 Å². The Morgan fingerprint density at radius 2 is 1.84 bits per heavy atom. The average Bonchev–Trinajstić information content (AvgIpc) is 3.25. The van der Waals surface area contributed by atoms with Gasteiger partial charge in [0.2, 0.25) is 0 Å². The van der Waals surface area contributed by atoms with E-state index in [0.717, 1.165) is 33.7 Å². The molecule has 8 heteroatoms. The van der Waals surface area contributed by atoms with Crippen LogP contribution in [0.5, 0.6) is 11.5 Å². The molecule has 2 aromatic heterocycles. The van der Waals surface area contributed by atoms with Gasteiger partial charge in [-0.25, -0.2) is 14.8 Å². The largest absolute Gasteiger partial charge is 0.465 e. The van der Waals surface area contributed by atoms with Crippen LogP contribution in [0, 0.1) is 0 Å². The number of nitrogens with two attached hydrogens (primary N) is 1. The summed E-state index contributed by atoms with van der Waals surface area (Å²) in [4.78, 5) is 19.9. The molecule has 2 atom stereocenters. The Labute approximate surface area is 178 Å². The molecule has 4 N–H and O–H groups in total. The Morgan fingerprint density at radius 1 is 1.13 bits per heavy atom. The first kappa shape index (κ1) is 18.9. The van der Waals surface area contributed by atoms with E-state index in [1.807, 2.05) is 66.1 Å². The lowest BCUT2D eigenvalue weighted by molar-refractivity contribution is 0.188. The first-order valence-electron chi connectivity index (χ1n) is 9.98. The summed E-state index contributed by atoms with van der Waals surface area (Å²) in [5.74, 6) is 1.83. The molecule has 0 spiro atoms. The highest BCUT2D eigenvalue weighted by molar-refractivity contribution is 6.03. The van der Waals surface area contributed by atoms with Gasteiger partial charge in [-0.15, -0.1) is 0 Å². The van der Waals surface area contributed by atoms with E-state index in [9.17, 15) is 9.90 Å². The molecule has 3 heterocycles. The van der Waals surface area contributed by atoms with Gasteiger partial charge in [0.15, 0.2) is 0 Å². The molecule has 0 fully saturated rings. The Balaban J connectivity index is 1.59. The smallest absolute Gasteiger partial charge is 0.404 e. The number of nitrogens with zero attached hydrogens (tertiary/aromatic N) is 3. The molecule has 4 aromatic rings. The average molecular weight is 415 g/mol. The van der Waals surface area contributed by atoms with Crippen molar-refractivity contribution in [3.05, 3.63) is 66.6 Å². The van der Waals surface area contributed by atoms with Gasteiger partial charge in [0.1, 0.15) is 29.3 Å². The quantitative estimate of drug-likeness (QED) is 0.459. The molecule has 31 heavy (non-hydrogen) atoms. The summed E-state index contributed by atoms with van der Waals surface area (Å²) in [6.45, 7) is 2.50. The van der Waals surface area contributed by atoms with E-state index < -0.39 is 6.09 Å². The molecule has 0 radical (unpaired) electrons. The van der Waals surface area contributed by atoms with Crippen molar-refractivity contribution in [1.29, 1.82) is 0 Å². The van der Waals surface area contributed by atoms with E-state index in [2.05, 4.69) is 15.3 Å². The summed E-state index contributed by atoms with van der Waals surface area (Å²) in [5, 5.41) is 12.6. The molecular formula is C23H21N5O3. The standard InChI is InChI=1S/C23H21N5O3/c1-13-17(27-23(29)30)11-28-20(13)18(19-21(24)25-12-26-22(19)28)14-7-9-16(10-8-14)31-15-5-3-2-4-6-15/h2-10,12-13,17,27H,11H2,1H3,(H,29,30)(H2,24,25,26)/t13?,17-/m0/s1. The van der Waals surface area contributed by atoms with Crippen LogP contribution in [0.25, 0.3) is 22.2 Å². The monoisotopic (exact) mass is 415 g/mol. The summed E-state index contributed by atoms with van der Waals surface area (Å²) in [7, 11) is 0. The third-order valence-electron chi connectivity index (χ3n) is 5.75. The lowest BCUT2D eigenvalue weighted by atomic mass is 9.93. The van der Waals surface area contributed by atoms with E-state index in [4.69, 9.17) is 10.5 Å². The fourth-order valence-corrected chi connectivity index (χ4v) is 4.35. The summed E-state index contributed by atoms with van der Waals surface area (Å²) < 4.78 is 7.95. The number of nitrogen functional groups attached to an aromatic ring is 1. The first-order chi connectivity index (χ1) is 15.0. The van der Waals surface area contributed by atoms with E-state index in [1.165, 1.54) is 6.33 Å². The van der Waals surface area contributed by atoms with E-state index in [1.54, 1.807) is 0 Å². The molecule has 1 unspecified atom stereocenters. The third kappa shape index (κ3) is 3.22. The molecule has 5 rings (SSSR count). The number of para-hydroxylation sites is 1. The fraction of sp³-hybridized carbons (Fsp3) is 0.174. The summed E-state index contributed by atoms with van der Waals surface area (Å²) in [6.07, 6.45) is 0.402. The van der Waals surface area contributed by atoms with Crippen molar-refractivity contribution >= 4 is 22.9 Å². The van der Waals surface area contributed by atoms with Crippen molar-refractivity contribution in [2.45, 2.75) is 25.4 Å². The normalized spacial score (nSPS) is 17.5. The SMILES string of the molecule is CC1c2c(-c3ccc(Oc4ccccc4)cc3)c3c(N)ncnc3n2C[C@@H]1NC(=O)O. The number of rotatable bonds is 4. The summed E-state index contributed by atoms with van der Waals surface area (Å²) >= 11 is 0. The van der Waals surface area contributed by atoms with Crippen LogP contribution >= 0.6 is 0 Å². The minimum atomic E-state index is -1.04. The molecule has 0 saturated heterocycles. The van der Waals surface area contributed by atoms with Crippen LogP contribution < -0.4 is 15.8 Å². The van der Waals surface area contributed by atoms with Crippen molar-refractivity contribution in [1.82, 2.24) is 19.9 Å². The van der Waals surface area contributed by atoms with Gasteiger partial charge in [-0.2, -0.15) is 0 Å². The van der Waals surface area contributed by atoms with E-state index in [-0.39, 0.29) is 12.0 Å². The number of ether oxygens (including phenoxy) is 1. The second-order valence-electron chi connectivity index (χ2n) is 7.61.